The van der Waals surface area contributed by atoms with Crippen molar-refractivity contribution in [2.45, 2.75) is 23.7 Å². The van der Waals surface area contributed by atoms with Gasteiger partial charge in [0.25, 0.3) is 0 Å². The molecule has 2 N–H and O–H groups in total. The van der Waals surface area contributed by atoms with Crippen LogP contribution in [-0.2, 0) is 6.47 Å². The van der Waals surface area contributed by atoms with E-state index in [4.69, 9.17) is 0 Å². The largest absolute Gasteiger partial charge is 0.488 e. The maximum Gasteiger partial charge on any atom is 0.488 e. The maximum atomic E-state index is 10.2. The highest BCUT2D eigenvalue weighted by Gasteiger charge is 2.67. The van der Waals surface area contributed by atoms with Gasteiger partial charge in [0.05, 0.1) is 0 Å². The van der Waals surface area contributed by atoms with Gasteiger partial charge in [-0.3, -0.25) is 0 Å². The topological polar surface area (TPSA) is 40.5 Å². The molecule has 202 valence electrons. The van der Waals surface area contributed by atoms with Gasteiger partial charge in [0.15, 0.2) is 4.29 Å². The molecule has 1 rings (SSSR count). The summed E-state index contributed by atoms with van der Waals surface area (Å²) in [5.74, 6) is 0. The van der Waals surface area contributed by atoms with E-state index in [1.54, 1.807) is 12.1 Å². The van der Waals surface area contributed by atoms with E-state index in [9.17, 15) is 10.0 Å². The van der Waals surface area contributed by atoms with Gasteiger partial charge in [0.2, 0.25) is 0 Å². The third-order valence-corrected chi connectivity index (χ3v) is 36.5. The molecule has 0 aliphatic rings. The average Bonchev–Trinajstić information content (AvgIpc) is 2.65. The Bertz CT molecular complexity index is 864. The predicted molar refractivity (Wildman–Crippen MR) is 217 cm³/mol. The molecule has 1 aromatic carbocycles. The molecule has 2 nitrogen and oxygen atoms in total. The quantitative estimate of drug-likeness (QED) is 0.211. The Labute approximate surface area is 354 Å². The summed E-state index contributed by atoms with van der Waals surface area (Å²) >= 11 is 66.4. The Morgan fingerprint density at radius 1 is 0.429 bits per heavy atom. The molecular formula is C14H5BBr18O2. The molecule has 1 aromatic rings. The number of rotatable bonds is 7. The van der Waals surface area contributed by atoms with Crippen LogP contribution in [0.4, 0.5) is 0 Å². The highest BCUT2D eigenvalue weighted by molar-refractivity contribution is 9.43. The number of benzene rings is 1. The molecule has 0 aliphatic carbocycles. The van der Waals surface area contributed by atoms with Crippen LogP contribution in [0.2, 0.25) is 0 Å². The second-order valence-corrected chi connectivity index (χ2v) is 40.8. The minimum absolute atomic E-state index is 0.241. The number of hydrogen-bond acceptors (Lipinski definition) is 2. The van der Waals surface area contributed by atoms with Crippen molar-refractivity contribution in [3.63, 3.8) is 0 Å². The molecule has 35 heavy (non-hydrogen) atoms. The summed E-state index contributed by atoms with van der Waals surface area (Å²) in [6.45, 7) is 0. The minimum atomic E-state index is -1.75. The van der Waals surface area contributed by atoms with Crippen LogP contribution in [0.1, 0.15) is 11.1 Å². The molecule has 0 saturated heterocycles. The number of hydrogen-bond donors (Lipinski definition) is 2. The van der Waals surface area contributed by atoms with Gasteiger partial charge in [0.1, 0.15) is 19.4 Å². The van der Waals surface area contributed by atoms with Gasteiger partial charge in [-0.25, -0.2) is 0 Å². The van der Waals surface area contributed by atoms with E-state index in [0.717, 1.165) is 0 Å². The van der Waals surface area contributed by atoms with Crippen molar-refractivity contribution in [3.05, 3.63) is 29.3 Å². The zero-order valence-corrected chi connectivity index (χ0v) is 44.1. The van der Waals surface area contributed by atoms with Gasteiger partial charge in [-0.1, -0.05) is 305 Å². The summed E-state index contributed by atoms with van der Waals surface area (Å²) in [6, 6.07) is 5.18. The van der Waals surface area contributed by atoms with Gasteiger partial charge in [0, 0.05) is 0 Å². The molecule has 0 radical (unpaired) electrons. The zero-order chi connectivity index (χ0) is 28.4. The van der Waals surface area contributed by atoms with E-state index >= 15 is 0 Å². The van der Waals surface area contributed by atoms with E-state index in [-0.39, 0.29) is 5.46 Å². The fraction of sp³-hybridized carbons (Fsp3) is 0.571. The summed E-state index contributed by atoms with van der Waals surface area (Å²) in [6.07, 6.45) is 0. The lowest BCUT2D eigenvalue weighted by atomic mass is 9.77. The Hall–Kier alpha value is 7.84. The van der Waals surface area contributed by atoms with Crippen molar-refractivity contribution in [3.8, 4) is 0 Å². The molecular weight excluding hydrogens is 1650 g/mol. The molecule has 0 aromatic heterocycles. The van der Waals surface area contributed by atoms with Gasteiger partial charge in [-0.05, 0) is 16.6 Å². The maximum absolute atomic E-state index is 10.2. The van der Waals surface area contributed by atoms with Crippen LogP contribution in [0.3, 0.4) is 0 Å². The smallest absolute Gasteiger partial charge is 0.423 e. The first-order valence-corrected chi connectivity index (χ1v) is 22.2. The fourth-order valence-electron chi connectivity index (χ4n) is 2.28. The molecule has 0 heterocycles. The van der Waals surface area contributed by atoms with Crippen molar-refractivity contribution in [2.24, 2.45) is 0 Å². The molecule has 0 aliphatic heterocycles. The number of alkyl halides is 18. The molecule has 0 unspecified atom stereocenters. The summed E-state index contributed by atoms with van der Waals surface area (Å²) in [5, 5.41) is 20.3. The lowest BCUT2D eigenvalue weighted by Crippen LogP contribution is -2.53. The Morgan fingerprint density at radius 2 is 0.686 bits per heavy atom. The second-order valence-electron chi connectivity index (χ2n) is 6.66. The molecule has 0 spiro atoms. The van der Waals surface area contributed by atoms with Gasteiger partial charge >= 0.3 is 7.12 Å². The lowest BCUT2D eigenvalue weighted by Gasteiger charge is -2.48. The van der Waals surface area contributed by atoms with Crippen LogP contribution in [0.5, 0.6) is 0 Å². The Kier molecular flexibility index (Phi) is 16.2. The van der Waals surface area contributed by atoms with Gasteiger partial charge in [-0.15, -0.1) is 0 Å². The first-order chi connectivity index (χ1) is 15.0. The van der Waals surface area contributed by atoms with Crippen LogP contribution in [-0.4, -0.2) is 34.4 Å². The molecule has 0 atom stereocenters. The molecule has 0 fully saturated rings. The number of halogens is 18. The van der Waals surface area contributed by atoms with Crippen LogP contribution in [0.15, 0.2) is 18.2 Å². The van der Waals surface area contributed by atoms with Gasteiger partial charge < -0.3 is 10.0 Å². The third kappa shape index (κ3) is 8.23. The first kappa shape index (κ1) is 40.9. The monoisotopic (exact) mass is 1640 g/mol. The Morgan fingerprint density at radius 3 is 0.886 bits per heavy atom. The normalized spacial score (nSPS) is 15.4. The lowest BCUT2D eigenvalue weighted by molar-refractivity contribution is 0.425. The average molecular weight is 1650 g/mol. The van der Waals surface area contributed by atoms with Crippen LogP contribution < -0.4 is 5.46 Å². The van der Waals surface area contributed by atoms with Crippen molar-refractivity contribution in [2.75, 3.05) is 0 Å². The molecule has 0 bridgehead atoms. The summed E-state index contributed by atoms with van der Waals surface area (Å²) < 4.78 is -7.78. The van der Waals surface area contributed by atoms with E-state index in [1.807, 2.05) is 6.07 Å². The molecule has 21 heteroatoms. The highest BCUT2D eigenvalue weighted by Crippen LogP contribution is 2.73. The second kappa shape index (κ2) is 13.9. The highest BCUT2D eigenvalue weighted by atomic mass is 80.0. The molecule has 0 saturated carbocycles. The van der Waals surface area contributed by atoms with Crippen molar-refractivity contribution in [1.29, 1.82) is 0 Å². The molecule has 0 amide bonds. The van der Waals surface area contributed by atoms with E-state index < -0.39 is 30.8 Å². The van der Waals surface area contributed by atoms with Gasteiger partial charge in [-0.2, -0.15) is 0 Å². The fourth-order valence-corrected chi connectivity index (χ4v) is 14.8. The third-order valence-electron chi connectivity index (χ3n) is 4.27. The van der Waals surface area contributed by atoms with Crippen LogP contribution >= 0.6 is 287 Å². The van der Waals surface area contributed by atoms with E-state index in [0.29, 0.717) is 11.1 Å². The minimum Gasteiger partial charge on any atom is -0.423 e. The standard InChI is InChI=1S/C14H5BBr18O2/c16-7(17,9(20,21)11(24,25)13(28,29)30)4-1-5(3-6(2-4)15(34)35)8(18,19)10(22,23)12(26,27)14(31,32)33/h1-3,34-35H. The van der Waals surface area contributed by atoms with Crippen molar-refractivity contribution >= 4 is 299 Å². The zero-order valence-electron chi connectivity index (χ0n) is 15.5. The van der Waals surface area contributed by atoms with Crippen molar-refractivity contribution < 1.29 is 10.0 Å². The summed E-state index contributed by atoms with van der Waals surface area (Å²) in [4.78, 5) is 0. The predicted octanol–water partition coefficient (Wildman–Crippen LogP) is 12.9. The first-order valence-electron chi connectivity index (χ1n) is 7.94. The van der Waals surface area contributed by atoms with E-state index in [2.05, 4.69) is 287 Å². The Balaban J connectivity index is 3.96. The summed E-state index contributed by atoms with van der Waals surface area (Å²) in [7, 11) is -1.75. The van der Waals surface area contributed by atoms with Crippen LogP contribution in [0.25, 0.3) is 0 Å². The SMILES string of the molecule is OB(O)c1cc(C(Br)(Br)C(Br)(Br)C(Br)(Br)C(Br)(Br)Br)cc(C(Br)(Br)C(Br)(Br)C(Br)(Br)C(Br)(Br)Br)c1. The van der Waals surface area contributed by atoms with E-state index in [1.165, 1.54) is 0 Å². The van der Waals surface area contributed by atoms with Crippen LogP contribution in [0, 0.1) is 0 Å². The summed E-state index contributed by atoms with van der Waals surface area (Å²) in [5.41, 5.74) is 1.47. The van der Waals surface area contributed by atoms with Crippen molar-refractivity contribution in [1.82, 2.24) is 0 Å².